The summed E-state index contributed by atoms with van der Waals surface area (Å²) < 4.78 is 34.9. The number of carbonyl (C=O) groups is 1. The van der Waals surface area contributed by atoms with Gasteiger partial charge in [0.05, 0.1) is 23.7 Å². The lowest BCUT2D eigenvalue weighted by Crippen LogP contribution is -2.13. The Labute approximate surface area is 168 Å². The second kappa shape index (κ2) is 8.44. The zero-order valence-electron chi connectivity index (χ0n) is 16.2. The highest BCUT2D eigenvalue weighted by atomic mass is 32.2. The minimum Gasteiger partial charge on any atom is -0.497 e. The molecule has 1 N–H and O–H groups in total. The summed E-state index contributed by atoms with van der Waals surface area (Å²) in [5, 5.41) is 9.80. The Bertz CT molecular complexity index is 1110. The van der Waals surface area contributed by atoms with Crippen LogP contribution in [0.15, 0.2) is 57.8 Å². The molecule has 2 aromatic carbocycles. The van der Waals surface area contributed by atoms with Crippen molar-refractivity contribution >= 4 is 21.8 Å². The molecule has 0 aliphatic carbocycles. The minimum absolute atomic E-state index is 0.0215. The first kappa shape index (κ1) is 20.5. The van der Waals surface area contributed by atoms with Crippen LogP contribution in [0.2, 0.25) is 0 Å². The predicted octanol–water partition coefficient (Wildman–Crippen LogP) is 3.10. The number of nitrogens with one attached hydrogen (secondary N) is 1. The van der Waals surface area contributed by atoms with E-state index in [1.54, 1.807) is 62.4 Å². The fraction of sp³-hybridized carbons (Fsp3) is 0.250. The van der Waals surface area contributed by atoms with Crippen LogP contribution in [0.25, 0.3) is 0 Å². The summed E-state index contributed by atoms with van der Waals surface area (Å²) in [5.41, 5.74) is 1.20. The first-order valence-electron chi connectivity index (χ1n) is 8.90. The van der Waals surface area contributed by atoms with Crippen LogP contribution in [0.3, 0.4) is 0 Å². The van der Waals surface area contributed by atoms with Gasteiger partial charge in [-0.15, -0.1) is 5.10 Å². The molecular formula is C20H21N3O5S. The molecule has 0 atom stereocenters. The van der Waals surface area contributed by atoms with Gasteiger partial charge in [0, 0.05) is 5.56 Å². The van der Waals surface area contributed by atoms with E-state index in [0.29, 0.717) is 23.6 Å². The minimum atomic E-state index is -3.32. The molecule has 0 bridgehead atoms. The van der Waals surface area contributed by atoms with Crippen LogP contribution in [0.1, 0.15) is 35.7 Å². The highest BCUT2D eigenvalue weighted by Gasteiger charge is 2.19. The molecule has 0 spiro atoms. The second-order valence-corrected chi connectivity index (χ2v) is 9.11. The number of hydrogen-bond acceptors (Lipinski definition) is 7. The van der Waals surface area contributed by atoms with E-state index in [1.807, 2.05) is 0 Å². The van der Waals surface area contributed by atoms with Gasteiger partial charge in [-0.1, -0.05) is 23.3 Å². The zero-order chi connectivity index (χ0) is 21.0. The molecule has 0 fully saturated rings. The van der Waals surface area contributed by atoms with Crippen molar-refractivity contribution in [1.29, 1.82) is 0 Å². The molecule has 1 heterocycles. The van der Waals surface area contributed by atoms with Crippen LogP contribution < -0.4 is 10.1 Å². The van der Waals surface area contributed by atoms with Crippen LogP contribution in [-0.4, -0.2) is 36.9 Å². The Hall–Kier alpha value is -3.20. The molecule has 0 saturated heterocycles. The van der Waals surface area contributed by atoms with E-state index < -0.39 is 21.0 Å². The fourth-order valence-electron chi connectivity index (χ4n) is 2.55. The van der Waals surface area contributed by atoms with Crippen molar-refractivity contribution in [2.24, 2.45) is 0 Å². The number of aromatic nitrogens is 2. The normalized spacial score (nSPS) is 11.4. The molecule has 0 aliphatic rings. The molecular weight excluding hydrogens is 394 g/mol. The van der Waals surface area contributed by atoms with Gasteiger partial charge in [-0.05, 0) is 49.7 Å². The maximum Gasteiger partial charge on any atom is 0.322 e. The lowest BCUT2D eigenvalue weighted by molar-refractivity contribution is 0.102. The molecule has 0 unspecified atom stereocenters. The van der Waals surface area contributed by atoms with Crippen LogP contribution in [0, 0.1) is 0 Å². The molecule has 0 saturated carbocycles. The molecule has 29 heavy (non-hydrogen) atoms. The van der Waals surface area contributed by atoms with Crippen molar-refractivity contribution in [2.75, 3.05) is 12.4 Å². The number of ether oxygens (including phenoxy) is 1. The lowest BCUT2D eigenvalue weighted by atomic mass is 10.1. The average Bonchev–Trinajstić information content (AvgIpc) is 3.15. The predicted molar refractivity (Wildman–Crippen MR) is 107 cm³/mol. The third kappa shape index (κ3) is 4.80. The number of hydrogen-bond donors (Lipinski definition) is 1. The zero-order valence-corrected chi connectivity index (χ0v) is 17.1. The van der Waals surface area contributed by atoms with Gasteiger partial charge in [0.2, 0.25) is 5.89 Å². The largest absolute Gasteiger partial charge is 0.497 e. The molecule has 3 aromatic rings. The molecule has 0 radical (unpaired) electrons. The number of amides is 1. The Morgan fingerprint density at radius 2 is 1.86 bits per heavy atom. The van der Waals surface area contributed by atoms with Gasteiger partial charge in [-0.25, -0.2) is 8.42 Å². The first-order valence-corrected chi connectivity index (χ1v) is 10.4. The molecule has 0 aliphatic heterocycles. The van der Waals surface area contributed by atoms with E-state index in [2.05, 4.69) is 15.5 Å². The molecule has 1 amide bonds. The maximum absolute atomic E-state index is 12.3. The standard InChI is InChI=1S/C20H21N3O5S/c1-13(2)29(25,26)17-9-7-14(8-10-17)11-18-22-23-20(28-18)21-19(24)15-5-4-6-16(12-15)27-3/h4-10,12-13H,11H2,1-3H3,(H,21,23,24). The lowest BCUT2D eigenvalue weighted by Gasteiger charge is -2.08. The molecule has 152 valence electrons. The number of rotatable bonds is 7. The van der Waals surface area contributed by atoms with E-state index in [4.69, 9.17) is 9.15 Å². The number of nitrogens with zero attached hydrogens (tertiary/aromatic N) is 2. The Morgan fingerprint density at radius 3 is 2.52 bits per heavy atom. The Morgan fingerprint density at radius 1 is 1.14 bits per heavy atom. The molecule has 8 nitrogen and oxygen atoms in total. The van der Waals surface area contributed by atoms with Gasteiger partial charge in [-0.2, -0.15) is 0 Å². The van der Waals surface area contributed by atoms with E-state index in [0.717, 1.165) is 5.56 Å². The maximum atomic E-state index is 12.3. The summed E-state index contributed by atoms with van der Waals surface area (Å²) in [5.74, 6) is 0.458. The topological polar surface area (TPSA) is 111 Å². The van der Waals surface area contributed by atoms with Crippen LogP contribution in [0.5, 0.6) is 5.75 Å². The van der Waals surface area contributed by atoms with Crippen LogP contribution >= 0.6 is 0 Å². The van der Waals surface area contributed by atoms with E-state index >= 15 is 0 Å². The van der Waals surface area contributed by atoms with Crippen molar-refractivity contribution < 1.29 is 22.4 Å². The van der Waals surface area contributed by atoms with Gasteiger partial charge >= 0.3 is 6.01 Å². The van der Waals surface area contributed by atoms with E-state index in [1.165, 1.54) is 7.11 Å². The molecule has 3 rings (SSSR count). The number of sulfone groups is 1. The van der Waals surface area contributed by atoms with Crippen molar-refractivity contribution in [2.45, 2.75) is 30.4 Å². The fourth-order valence-corrected chi connectivity index (χ4v) is 3.61. The van der Waals surface area contributed by atoms with Crippen LogP contribution in [0.4, 0.5) is 6.01 Å². The second-order valence-electron chi connectivity index (χ2n) is 6.60. The summed E-state index contributed by atoms with van der Waals surface area (Å²) in [6.07, 6.45) is 0.310. The van der Waals surface area contributed by atoms with E-state index in [9.17, 15) is 13.2 Å². The molecule has 1 aromatic heterocycles. The number of benzene rings is 2. The van der Waals surface area contributed by atoms with Gasteiger partial charge in [-0.3, -0.25) is 10.1 Å². The smallest absolute Gasteiger partial charge is 0.322 e. The van der Waals surface area contributed by atoms with Gasteiger partial charge in [0.1, 0.15) is 5.75 Å². The summed E-state index contributed by atoms with van der Waals surface area (Å²) >= 11 is 0. The van der Waals surface area contributed by atoms with Crippen molar-refractivity contribution in [1.82, 2.24) is 10.2 Å². The van der Waals surface area contributed by atoms with Crippen molar-refractivity contribution in [3.8, 4) is 5.75 Å². The molecule has 9 heteroatoms. The third-order valence-electron chi connectivity index (χ3n) is 4.25. The van der Waals surface area contributed by atoms with E-state index in [-0.39, 0.29) is 10.9 Å². The Balaban J connectivity index is 1.66. The van der Waals surface area contributed by atoms with Crippen LogP contribution in [-0.2, 0) is 16.3 Å². The van der Waals surface area contributed by atoms with Crippen molar-refractivity contribution in [3.63, 3.8) is 0 Å². The summed E-state index contributed by atoms with van der Waals surface area (Å²) in [6, 6.07) is 13.2. The first-order chi connectivity index (χ1) is 13.8. The SMILES string of the molecule is COc1cccc(C(=O)Nc2nnc(Cc3ccc(S(=O)(=O)C(C)C)cc3)o2)c1. The highest BCUT2D eigenvalue weighted by Crippen LogP contribution is 2.19. The van der Waals surface area contributed by atoms with Gasteiger partial charge in [0.25, 0.3) is 5.91 Å². The third-order valence-corrected chi connectivity index (χ3v) is 6.42. The highest BCUT2D eigenvalue weighted by molar-refractivity contribution is 7.92. The summed E-state index contributed by atoms with van der Waals surface area (Å²) in [4.78, 5) is 12.6. The Kier molecular flexibility index (Phi) is 5.97. The quantitative estimate of drug-likeness (QED) is 0.631. The monoisotopic (exact) mass is 415 g/mol. The van der Waals surface area contributed by atoms with Gasteiger partial charge < -0.3 is 9.15 Å². The van der Waals surface area contributed by atoms with Crippen molar-refractivity contribution in [3.05, 3.63) is 65.5 Å². The van der Waals surface area contributed by atoms with Gasteiger partial charge in [0.15, 0.2) is 9.84 Å². The average molecular weight is 415 g/mol. The number of carbonyl (C=O) groups excluding carboxylic acids is 1. The summed E-state index contributed by atoms with van der Waals surface area (Å²) in [7, 11) is -1.80. The number of methoxy groups -OCH3 is 1. The number of anilines is 1. The summed E-state index contributed by atoms with van der Waals surface area (Å²) in [6.45, 7) is 3.28.